The smallest absolute Gasteiger partial charge is 0.446 e. The summed E-state index contributed by atoms with van der Waals surface area (Å²) >= 11 is 0. The molecule has 0 radical (unpaired) electrons. The van der Waals surface area contributed by atoms with Crippen molar-refractivity contribution < 1.29 is 30.7 Å². The van der Waals surface area contributed by atoms with Gasteiger partial charge in [0.2, 0.25) is 5.75 Å². The molecule has 2 aromatic heterocycles. The number of hydrogen-bond acceptors (Lipinski definition) is 7. The fraction of sp³-hybridized carbons (Fsp3) is 0.0833. The van der Waals surface area contributed by atoms with Crippen LogP contribution in [-0.2, 0) is 10.4 Å². The van der Waals surface area contributed by atoms with Gasteiger partial charge in [-0.15, -0.1) is 0 Å². The second kappa shape index (κ2) is 4.50. The first-order valence-corrected chi connectivity index (χ1v) is 6.95. The van der Waals surface area contributed by atoms with Crippen LogP contribution in [0.4, 0.5) is 0 Å². The van der Waals surface area contributed by atoms with Gasteiger partial charge in [-0.25, -0.2) is 4.79 Å². The van der Waals surface area contributed by atoms with E-state index in [-0.39, 0.29) is 11.2 Å². The molecule has 0 aliphatic heterocycles. The van der Waals surface area contributed by atoms with Gasteiger partial charge in [-0.1, -0.05) is 0 Å². The fourth-order valence-corrected chi connectivity index (χ4v) is 2.44. The predicted molar refractivity (Wildman–Crippen MR) is 71.0 cm³/mol. The normalized spacial score (nSPS) is 11.9. The van der Waals surface area contributed by atoms with Crippen LogP contribution in [0.15, 0.2) is 38.1 Å². The number of hydrogen-bond donors (Lipinski definition) is 1. The highest BCUT2D eigenvalue weighted by atomic mass is 32.3. The van der Waals surface area contributed by atoms with Crippen LogP contribution >= 0.6 is 0 Å². The maximum Gasteiger partial charge on any atom is 0.446 e. The zero-order chi connectivity index (χ0) is 15.2. The van der Waals surface area contributed by atoms with E-state index in [1.807, 2.05) is 0 Å². The number of rotatable bonds is 3. The largest absolute Gasteiger partial charge is 0.495 e. The lowest BCUT2D eigenvalue weighted by molar-refractivity contribution is 0.382. The molecule has 0 fully saturated rings. The Morgan fingerprint density at radius 3 is 2.48 bits per heavy atom. The van der Waals surface area contributed by atoms with Crippen molar-refractivity contribution in [2.75, 3.05) is 7.11 Å². The summed E-state index contributed by atoms with van der Waals surface area (Å²) in [6.45, 7) is 0. The molecule has 9 heteroatoms. The second-order valence-corrected chi connectivity index (χ2v) is 5.06. The molecule has 21 heavy (non-hydrogen) atoms. The van der Waals surface area contributed by atoms with E-state index in [0.29, 0.717) is 16.5 Å². The molecule has 8 nitrogen and oxygen atoms in total. The molecular formula is C12H8O8S. The molecule has 0 aliphatic carbocycles. The molecule has 0 atom stereocenters. The van der Waals surface area contributed by atoms with Crippen LogP contribution in [0.2, 0.25) is 0 Å². The van der Waals surface area contributed by atoms with E-state index in [2.05, 4.69) is 4.18 Å². The van der Waals surface area contributed by atoms with Gasteiger partial charge in [-0.05, 0) is 12.1 Å². The zero-order valence-corrected chi connectivity index (χ0v) is 11.3. The van der Waals surface area contributed by atoms with E-state index in [1.165, 1.54) is 25.5 Å². The van der Waals surface area contributed by atoms with Gasteiger partial charge in [-0.2, -0.15) is 8.42 Å². The summed E-state index contributed by atoms with van der Waals surface area (Å²) in [6, 6.07) is 4.06. The van der Waals surface area contributed by atoms with Crippen LogP contribution in [-0.4, -0.2) is 20.1 Å². The molecule has 3 aromatic rings. The zero-order valence-electron chi connectivity index (χ0n) is 10.5. The highest BCUT2D eigenvalue weighted by Gasteiger charge is 2.24. The van der Waals surface area contributed by atoms with Gasteiger partial charge in [0.1, 0.15) is 5.75 Å². The maximum absolute atomic E-state index is 11.4. The average Bonchev–Trinajstić information content (AvgIpc) is 2.87. The first kappa shape index (κ1) is 13.5. The Bertz CT molecular complexity index is 995. The van der Waals surface area contributed by atoms with Gasteiger partial charge < -0.3 is 17.8 Å². The first-order valence-electron chi connectivity index (χ1n) is 5.58. The van der Waals surface area contributed by atoms with Crippen LogP contribution in [0.25, 0.3) is 21.9 Å². The average molecular weight is 312 g/mol. The Morgan fingerprint density at radius 2 is 1.81 bits per heavy atom. The molecule has 0 aliphatic rings. The monoisotopic (exact) mass is 312 g/mol. The number of benzene rings is 1. The van der Waals surface area contributed by atoms with Crippen molar-refractivity contribution in [3.05, 3.63) is 34.9 Å². The summed E-state index contributed by atoms with van der Waals surface area (Å²) in [7, 11) is -3.43. The standard InChI is InChI=1S/C12H8O8S/c1-17-9-6-2-3-8(13)19-11(6)12(20-21(14,15)16)10-7(9)4-5-18-10/h2-5H,1H3,(H,14,15,16). The lowest BCUT2D eigenvalue weighted by Crippen LogP contribution is -2.08. The van der Waals surface area contributed by atoms with Crippen molar-refractivity contribution in [1.82, 2.24) is 0 Å². The quantitative estimate of drug-likeness (QED) is 0.574. The van der Waals surface area contributed by atoms with Gasteiger partial charge in [0.15, 0.2) is 11.2 Å². The SMILES string of the molecule is COc1c2ccoc2c(OS(=O)(=O)O)c2oc(=O)ccc12. The topological polar surface area (TPSA) is 116 Å². The Morgan fingerprint density at radius 1 is 1.10 bits per heavy atom. The number of fused-ring (bicyclic) bond motifs is 2. The molecule has 3 rings (SSSR count). The Balaban J connectivity index is 2.54. The summed E-state index contributed by atoms with van der Waals surface area (Å²) in [4.78, 5) is 11.4. The van der Waals surface area contributed by atoms with E-state index < -0.39 is 21.8 Å². The van der Waals surface area contributed by atoms with Crippen molar-refractivity contribution in [2.24, 2.45) is 0 Å². The minimum absolute atomic E-state index is 0.0358. The van der Waals surface area contributed by atoms with Crippen molar-refractivity contribution >= 4 is 32.3 Å². The highest BCUT2D eigenvalue weighted by molar-refractivity contribution is 7.81. The van der Waals surface area contributed by atoms with Crippen LogP contribution in [0.1, 0.15) is 0 Å². The summed E-state index contributed by atoms with van der Waals surface area (Å²) in [5.74, 6) is -0.105. The molecule has 0 saturated carbocycles. The van der Waals surface area contributed by atoms with Crippen molar-refractivity contribution in [3.8, 4) is 11.5 Å². The van der Waals surface area contributed by atoms with Gasteiger partial charge >= 0.3 is 16.0 Å². The highest BCUT2D eigenvalue weighted by Crippen LogP contribution is 2.42. The molecule has 2 heterocycles. The molecule has 0 spiro atoms. The Kier molecular flexibility index (Phi) is 2.88. The van der Waals surface area contributed by atoms with Crippen LogP contribution in [0.5, 0.6) is 11.5 Å². The molecule has 1 aromatic carbocycles. The minimum Gasteiger partial charge on any atom is -0.495 e. The molecule has 0 saturated heterocycles. The molecule has 0 bridgehead atoms. The Labute approximate surface area is 117 Å². The molecular weight excluding hydrogens is 304 g/mol. The summed E-state index contributed by atoms with van der Waals surface area (Å²) in [6.07, 6.45) is 1.28. The Hall–Kier alpha value is -2.52. The lowest BCUT2D eigenvalue weighted by Gasteiger charge is -2.09. The number of ether oxygens (including phenoxy) is 1. The minimum atomic E-state index is -4.83. The second-order valence-electron chi connectivity index (χ2n) is 4.03. The van der Waals surface area contributed by atoms with E-state index >= 15 is 0 Å². The van der Waals surface area contributed by atoms with Crippen LogP contribution < -0.4 is 14.5 Å². The molecule has 0 amide bonds. The van der Waals surface area contributed by atoms with Crippen molar-refractivity contribution in [1.29, 1.82) is 0 Å². The number of furan rings is 1. The van der Waals surface area contributed by atoms with Crippen LogP contribution in [0, 0.1) is 0 Å². The lowest BCUT2D eigenvalue weighted by atomic mass is 10.1. The molecule has 1 N–H and O–H groups in total. The summed E-state index contributed by atoms with van der Waals surface area (Å²) in [5.41, 5.74) is -0.971. The van der Waals surface area contributed by atoms with E-state index in [4.69, 9.17) is 18.1 Å². The van der Waals surface area contributed by atoms with E-state index in [1.54, 1.807) is 0 Å². The summed E-state index contributed by atoms with van der Waals surface area (Å²) in [5, 5.41) is 0.696. The predicted octanol–water partition coefficient (Wildman–Crippen LogP) is 1.73. The third-order valence-corrected chi connectivity index (χ3v) is 3.17. The maximum atomic E-state index is 11.4. The van der Waals surface area contributed by atoms with Gasteiger partial charge in [0.25, 0.3) is 0 Å². The number of methoxy groups -OCH3 is 1. The molecule has 110 valence electrons. The first-order chi connectivity index (χ1) is 9.90. The summed E-state index contributed by atoms with van der Waals surface area (Å²) < 4.78 is 50.7. The third kappa shape index (κ3) is 2.22. The van der Waals surface area contributed by atoms with Crippen molar-refractivity contribution in [3.63, 3.8) is 0 Å². The van der Waals surface area contributed by atoms with Gasteiger partial charge in [-0.3, -0.25) is 4.55 Å². The molecule has 0 unspecified atom stereocenters. The van der Waals surface area contributed by atoms with Crippen molar-refractivity contribution in [2.45, 2.75) is 0 Å². The van der Waals surface area contributed by atoms with E-state index in [0.717, 1.165) is 6.07 Å². The van der Waals surface area contributed by atoms with E-state index in [9.17, 15) is 13.2 Å². The van der Waals surface area contributed by atoms with Gasteiger partial charge in [0.05, 0.1) is 24.1 Å². The van der Waals surface area contributed by atoms with Gasteiger partial charge in [0, 0.05) is 6.07 Å². The fourth-order valence-electron chi connectivity index (χ4n) is 2.08. The van der Waals surface area contributed by atoms with Crippen LogP contribution in [0.3, 0.4) is 0 Å². The third-order valence-electron chi connectivity index (χ3n) is 2.79.